The Morgan fingerprint density at radius 1 is 1.10 bits per heavy atom. The summed E-state index contributed by atoms with van der Waals surface area (Å²) in [4.78, 5) is 0. The van der Waals surface area contributed by atoms with Crippen LogP contribution in [0.25, 0.3) is 0 Å². The highest BCUT2D eigenvalue weighted by atomic mass is 19.4. The Hall–Kier alpha value is -1.07. The summed E-state index contributed by atoms with van der Waals surface area (Å²) in [7, 11) is 1.66. The molecule has 20 heavy (non-hydrogen) atoms. The summed E-state index contributed by atoms with van der Waals surface area (Å²) in [5.41, 5.74) is -0.156. The summed E-state index contributed by atoms with van der Waals surface area (Å²) in [6.45, 7) is 1.97. The molecular weight excluding hydrogens is 267 g/mol. The molecule has 3 rings (SSSR count). The van der Waals surface area contributed by atoms with Gasteiger partial charge in [0.2, 0.25) is 0 Å². The second-order valence-corrected chi connectivity index (χ2v) is 5.86. The SMILES string of the molecule is COC1(c2ccc(C(F)(F)F)cc2)CC2CNCC2C1. The number of fused-ring (bicyclic) bond motifs is 1. The molecule has 1 aromatic carbocycles. The maximum atomic E-state index is 12.6. The van der Waals surface area contributed by atoms with Crippen LogP contribution in [0, 0.1) is 11.8 Å². The third kappa shape index (κ3) is 2.23. The maximum absolute atomic E-state index is 12.6. The van der Waals surface area contributed by atoms with Crippen molar-refractivity contribution in [3.8, 4) is 0 Å². The zero-order chi connectivity index (χ0) is 14.4. The van der Waals surface area contributed by atoms with E-state index in [1.54, 1.807) is 19.2 Å². The molecule has 0 radical (unpaired) electrons. The molecule has 110 valence electrons. The van der Waals surface area contributed by atoms with E-state index < -0.39 is 17.3 Å². The van der Waals surface area contributed by atoms with Crippen molar-refractivity contribution in [1.29, 1.82) is 0 Å². The van der Waals surface area contributed by atoms with E-state index in [1.165, 1.54) is 0 Å². The third-order valence-corrected chi connectivity index (χ3v) is 4.79. The lowest BCUT2D eigenvalue weighted by molar-refractivity contribution is -0.137. The molecule has 2 unspecified atom stereocenters. The molecule has 1 saturated heterocycles. The van der Waals surface area contributed by atoms with Crippen molar-refractivity contribution in [1.82, 2.24) is 5.32 Å². The molecule has 5 heteroatoms. The Bertz CT molecular complexity index is 471. The molecule has 2 nitrogen and oxygen atoms in total. The number of hydrogen-bond acceptors (Lipinski definition) is 2. The van der Waals surface area contributed by atoms with Gasteiger partial charge in [-0.15, -0.1) is 0 Å². The molecule has 1 N–H and O–H groups in total. The lowest BCUT2D eigenvalue weighted by Gasteiger charge is -2.29. The number of ether oxygens (including phenoxy) is 1. The summed E-state index contributed by atoms with van der Waals surface area (Å²) >= 11 is 0. The highest BCUT2D eigenvalue weighted by molar-refractivity contribution is 5.30. The molecule has 1 aliphatic heterocycles. The number of methoxy groups -OCH3 is 1. The summed E-state index contributed by atoms with van der Waals surface area (Å²) in [5, 5.41) is 3.36. The Labute approximate surface area is 116 Å². The van der Waals surface area contributed by atoms with Crippen LogP contribution in [-0.2, 0) is 16.5 Å². The highest BCUT2D eigenvalue weighted by Crippen LogP contribution is 2.49. The number of nitrogens with one attached hydrogen (secondary N) is 1. The van der Waals surface area contributed by atoms with Gasteiger partial charge in [-0.3, -0.25) is 0 Å². The smallest absolute Gasteiger partial charge is 0.374 e. The minimum Gasteiger partial charge on any atom is -0.374 e. The summed E-state index contributed by atoms with van der Waals surface area (Å²) in [6.07, 6.45) is -2.52. The third-order valence-electron chi connectivity index (χ3n) is 4.79. The van der Waals surface area contributed by atoms with Crippen LogP contribution in [0.3, 0.4) is 0 Å². The number of halogens is 3. The Balaban J connectivity index is 1.87. The van der Waals surface area contributed by atoms with E-state index in [1.807, 2.05) is 0 Å². The maximum Gasteiger partial charge on any atom is 0.416 e. The van der Waals surface area contributed by atoms with E-state index in [2.05, 4.69) is 5.32 Å². The first-order chi connectivity index (χ1) is 9.44. The van der Waals surface area contributed by atoms with Gasteiger partial charge >= 0.3 is 6.18 Å². The summed E-state index contributed by atoms with van der Waals surface area (Å²) in [5.74, 6) is 1.13. The van der Waals surface area contributed by atoms with Gasteiger partial charge in [-0.25, -0.2) is 0 Å². The van der Waals surface area contributed by atoms with E-state index in [0.717, 1.165) is 43.6 Å². The van der Waals surface area contributed by atoms with Gasteiger partial charge in [0, 0.05) is 7.11 Å². The number of alkyl halides is 3. The van der Waals surface area contributed by atoms with Crippen LogP contribution in [0.5, 0.6) is 0 Å². The van der Waals surface area contributed by atoms with Gasteiger partial charge in [0.15, 0.2) is 0 Å². The first kappa shape index (κ1) is 13.9. The van der Waals surface area contributed by atoms with Crippen molar-refractivity contribution in [2.75, 3.05) is 20.2 Å². The zero-order valence-electron chi connectivity index (χ0n) is 11.3. The van der Waals surface area contributed by atoms with E-state index >= 15 is 0 Å². The highest BCUT2D eigenvalue weighted by Gasteiger charge is 2.48. The monoisotopic (exact) mass is 285 g/mol. The fourth-order valence-electron chi connectivity index (χ4n) is 3.68. The fraction of sp³-hybridized carbons (Fsp3) is 0.600. The predicted octanol–water partition coefficient (Wildman–Crippen LogP) is 3.18. The average Bonchev–Trinajstić information content (AvgIpc) is 2.96. The van der Waals surface area contributed by atoms with Crippen LogP contribution in [-0.4, -0.2) is 20.2 Å². The molecular formula is C15H18F3NO. The Morgan fingerprint density at radius 3 is 2.10 bits per heavy atom. The van der Waals surface area contributed by atoms with Crippen LogP contribution < -0.4 is 5.32 Å². The van der Waals surface area contributed by atoms with Crippen molar-refractivity contribution in [2.24, 2.45) is 11.8 Å². The lowest BCUT2D eigenvalue weighted by atomic mass is 9.89. The van der Waals surface area contributed by atoms with Crippen molar-refractivity contribution in [3.05, 3.63) is 35.4 Å². The van der Waals surface area contributed by atoms with Crippen molar-refractivity contribution in [2.45, 2.75) is 24.6 Å². The first-order valence-corrected chi connectivity index (χ1v) is 6.88. The zero-order valence-corrected chi connectivity index (χ0v) is 11.3. The topological polar surface area (TPSA) is 21.3 Å². The first-order valence-electron chi connectivity index (χ1n) is 6.88. The van der Waals surface area contributed by atoms with Gasteiger partial charge < -0.3 is 10.1 Å². The van der Waals surface area contributed by atoms with Gasteiger partial charge in [0.1, 0.15) is 0 Å². The second kappa shape index (κ2) is 4.74. The normalized spacial score (nSPS) is 33.4. The summed E-state index contributed by atoms with van der Waals surface area (Å²) in [6, 6.07) is 5.45. The van der Waals surface area contributed by atoms with E-state index in [0.29, 0.717) is 11.8 Å². The standard InChI is InChI=1S/C15H18F3NO/c1-20-14(6-10-8-19-9-11(10)7-14)12-2-4-13(5-3-12)15(16,17)18/h2-5,10-11,19H,6-9H2,1H3. The second-order valence-electron chi connectivity index (χ2n) is 5.86. The minimum absolute atomic E-state index is 0.415. The number of hydrogen-bond donors (Lipinski definition) is 1. The van der Waals surface area contributed by atoms with E-state index in [-0.39, 0.29) is 0 Å². The Kier molecular flexibility index (Phi) is 3.29. The van der Waals surface area contributed by atoms with Gasteiger partial charge in [0.05, 0.1) is 11.2 Å². The summed E-state index contributed by atoms with van der Waals surface area (Å²) < 4.78 is 43.6. The largest absolute Gasteiger partial charge is 0.416 e. The van der Waals surface area contributed by atoms with E-state index in [9.17, 15) is 13.2 Å². The van der Waals surface area contributed by atoms with E-state index in [4.69, 9.17) is 4.74 Å². The van der Waals surface area contributed by atoms with Gasteiger partial charge in [-0.1, -0.05) is 12.1 Å². The van der Waals surface area contributed by atoms with Crippen LogP contribution in [0.4, 0.5) is 13.2 Å². The molecule has 2 fully saturated rings. The molecule has 1 heterocycles. The van der Waals surface area contributed by atoms with Crippen molar-refractivity contribution < 1.29 is 17.9 Å². The average molecular weight is 285 g/mol. The predicted molar refractivity (Wildman–Crippen MR) is 69.2 cm³/mol. The molecule has 0 aromatic heterocycles. The number of benzene rings is 1. The molecule has 2 aliphatic rings. The molecule has 0 amide bonds. The quantitative estimate of drug-likeness (QED) is 0.901. The molecule has 1 saturated carbocycles. The molecule has 0 spiro atoms. The molecule has 0 bridgehead atoms. The molecule has 1 aliphatic carbocycles. The van der Waals surface area contributed by atoms with Crippen molar-refractivity contribution in [3.63, 3.8) is 0 Å². The van der Waals surface area contributed by atoms with Crippen molar-refractivity contribution >= 4 is 0 Å². The van der Waals surface area contributed by atoms with Gasteiger partial charge in [0.25, 0.3) is 0 Å². The van der Waals surface area contributed by atoms with Crippen LogP contribution in [0.2, 0.25) is 0 Å². The Morgan fingerprint density at radius 2 is 1.65 bits per heavy atom. The molecule has 2 atom stereocenters. The van der Waals surface area contributed by atoms with Crippen LogP contribution in [0.15, 0.2) is 24.3 Å². The fourth-order valence-corrected chi connectivity index (χ4v) is 3.68. The van der Waals surface area contributed by atoms with Gasteiger partial charge in [-0.2, -0.15) is 13.2 Å². The molecule has 1 aromatic rings. The minimum atomic E-state index is -4.28. The van der Waals surface area contributed by atoms with Gasteiger partial charge in [-0.05, 0) is 55.5 Å². The lowest BCUT2D eigenvalue weighted by Crippen LogP contribution is -2.28. The van der Waals surface area contributed by atoms with Crippen LogP contribution in [0.1, 0.15) is 24.0 Å². The number of rotatable bonds is 2. The van der Waals surface area contributed by atoms with Crippen LogP contribution >= 0.6 is 0 Å².